The highest BCUT2D eigenvalue weighted by atomic mass is 35.5. The van der Waals surface area contributed by atoms with Crippen molar-refractivity contribution in [3.05, 3.63) is 41.3 Å². The van der Waals surface area contributed by atoms with E-state index in [1.807, 2.05) is 23.2 Å². The number of rotatable bonds is 6. The summed E-state index contributed by atoms with van der Waals surface area (Å²) in [6.45, 7) is 2.57. The Morgan fingerprint density at radius 2 is 2.04 bits per heavy atom. The Hall–Kier alpha value is -2.47. The van der Waals surface area contributed by atoms with Crippen LogP contribution in [0.1, 0.15) is 31.2 Å². The molecule has 6 nitrogen and oxygen atoms in total. The van der Waals surface area contributed by atoms with E-state index in [1.165, 1.54) is 6.21 Å². The lowest BCUT2D eigenvalue weighted by Crippen LogP contribution is -2.41. The highest BCUT2D eigenvalue weighted by Gasteiger charge is 2.34. The number of carbonyl (C=O) groups is 1. The number of hydrogen-bond donors (Lipinski definition) is 2. The van der Waals surface area contributed by atoms with Crippen molar-refractivity contribution in [3.63, 3.8) is 0 Å². The number of nitrogens with one attached hydrogen (secondary N) is 2. The summed E-state index contributed by atoms with van der Waals surface area (Å²) in [7, 11) is 0. The summed E-state index contributed by atoms with van der Waals surface area (Å²) in [5.74, 6) is 1.21. The van der Waals surface area contributed by atoms with Crippen LogP contribution in [0.15, 0.2) is 30.6 Å². The third-order valence-corrected chi connectivity index (χ3v) is 5.72. The predicted octanol–water partition coefficient (Wildman–Crippen LogP) is 3.51. The molecule has 7 heteroatoms. The molecule has 0 radical (unpaired) electrons. The lowest BCUT2D eigenvalue weighted by Gasteiger charge is -2.32. The lowest BCUT2D eigenvalue weighted by molar-refractivity contribution is -0.133. The van der Waals surface area contributed by atoms with E-state index in [2.05, 4.69) is 15.3 Å². The average Bonchev–Trinajstić information content (AvgIpc) is 3.56. The maximum atomic E-state index is 12.1. The summed E-state index contributed by atoms with van der Waals surface area (Å²) < 4.78 is 0. The molecule has 3 heterocycles. The Bertz CT molecular complexity index is 916. The number of fused-ring (bicyclic) bond motifs is 1. The SMILES string of the molecule is N=C/C(=C\NCC1CCN(C(=O)C2CC2)CC1)c1cnc2ccc(Cl)nc2c1. The number of amides is 1. The highest BCUT2D eigenvalue weighted by Crippen LogP contribution is 2.32. The van der Waals surface area contributed by atoms with Crippen LogP contribution < -0.4 is 5.32 Å². The van der Waals surface area contributed by atoms with Crippen molar-refractivity contribution >= 4 is 40.3 Å². The second-order valence-electron chi connectivity index (χ2n) is 7.59. The predicted molar refractivity (Wildman–Crippen MR) is 111 cm³/mol. The smallest absolute Gasteiger partial charge is 0.225 e. The van der Waals surface area contributed by atoms with Gasteiger partial charge in [-0.25, -0.2) is 4.98 Å². The Labute approximate surface area is 169 Å². The van der Waals surface area contributed by atoms with E-state index in [9.17, 15) is 4.79 Å². The molecule has 1 aliphatic heterocycles. The molecule has 2 N–H and O–H groups in total. The summed E-state index contributed by atoms with van der Waals surface area (Å²) in [6, 6.07) is 5.45. The lowest BCUT2D eigenvalue weighted by atomic mass is 9.96. The van der Waals surface area contributed by atoms with Crippen LogP contribution >= 0.6 is 11.6 Å². The number of pyridine rings is 2. The van der Waals surface area contributed by atoms with Gasteiger partial charge in [-0.15, -0.1) is 0 Å². The molecule has 2 fully saturated rings. The zero-order valence-corrected chi connectivity index (χ0v) is 16.5. The largest absolute Gasteiger partial charge is 0.390 e. The highest BCUT2D eigenvalue weighted by molar-refractivity contribution is 6.29. The molecule has 146 valence electrons. The van der Waals surface area contributed by atoms with Gasteiger partial charge in [-0.3, -0.25) is 9.78 Å². The quantitative estimate of drug-likeness (QED) is 0.577. The van der Waals surface area contributed by atoms with Gasteiger partial charge >= 0.3 is 0 Å². The first-order chi connectivity index (χ1) is 13.6. The van der Waals surface area contributed by atoms with Crippen LogP contribution in [0.25, 0.3) is 16.6 Å². The van der Waals surface area contributed by atoms with Gasteiger partial charge in [-0.1, -0.05) is 11.6 Å². The third kappa shape index (κ3) is 4.33. The summed E-state index contributed by atoms with van der Waals surface area (Å²) in [4.78, 5) is 22.9. The fraction of sp³-hybridized carbons (Fsp3) is 0.429. The first kappa shape index (κ1) is 18.9. The Morgan fingerprint density at radius 3 is 2.75 bits per heavy atom. The normalized spacial score (nSPS) is 18.3. The molecule has 0 spiro atoms. The monoisotopic (exact) mass is 397 g/mol. The zero-order valence-electron chi connectivity index (χ0n) is 15.7. The number of nitrogens with zero attached hydrogens (tertiary/aromatic N) is 3. The molecule has 1 aliphatic carbocycles. The third-order valence-electron chi connectivity index (χ3n) is 5.51. The van der Waals surface area contributed by atoms with Gasteiger partial charge in [0.15, 0.2) is 0 Å². The number of halogens is 1. The van der Waals surface area contributed by atoms with Crippen LogP contribution in [0, 0.1) is 17.2 Å². The minimum absolute atomic E-state index is 0.313. The number of hydrogen-bond acceptors (Lipinski definition) is 5. The molecule has 1 saturated heterocycles. The minimum atomic E-state index is 0.313. The van der Waals surface area contributed by atoms with Crippen LogP contribution in [0.5, 0.6) is 0 Å². The zero-order chi connectivity index (χ0) is 19.5. The van der Waals surface area contributed by atoms with Gasteiger partial charge < -0.3 is 15.6 Å². The Morgan fingerprint density at radius 1 is 1.25 bits per heavy atom. The molecule has 1 saturated carbocycles. The van der Waals surface area contributed by atoms with Crippen molar-refractivity contribution in [2.24, 2.45) is 11.8 Å². The molecular formula is C21H24ClN5O. The van der Waals surface area contributed by atoms with Gasteiger partial charge in [-0.2, -0.15) is 0 Å². The van der Waals surface area contributed by atoms with E-state index in [-0.39, 0.29) is 0 Å². The van der Waals surface area contributed by atoms with Gasteiger partial charge in [0.1, 0.15) is 5.15 Å². The maximum absolute atomic E-state index is 12.1. The van der Waals surface area contributed by atoms with Gasteiger partial charge in [-0.05, 0) is 49.8 Å². The van der Waals surface area contributed by atoms with Crippen LogP contribution in [0.2, 0.25) is 5.15 Å². The summed E-state index contributed by atoms with van der Waals surface area (Å²) >= 11 is 5.97. The molecule has 0 unspecified atom stereocenters. The van der Waals surface area contributed by atoms with E-state index < -0.39 is 0 Å². The number of carbonyl (C=O) groups excluding carboxylic acids is 1. The van der Waals surface area contributed by atoms with Gasteiger partial charge in [0.05, 0.1) is 11.0 Å². The maximum Gasteiger partial charge on any atom is 0.225 e. The summed E-state index contributed by atoms with van der Waals surface area (Å²) in [5.41, 5.74) is 3.07. The van der Waals surface area contributed by atoms with Crippen molar-refractivity contribution in [1.29, 1.82) is 5.41 Å². The molecular weight excluding hydrogens is 374 g/mol. The van der Waals surface area contributed by atoms with Gasteiger partial charge in [0.25, 0.3) is 0 Å². The molecule has 2 aromatic heterocycles. The molecule has 0 aromatic carbocycles. The second-order valence-corrected chi connectivity index (χ2v) is 7.98. The number of likely N-dealkylation sites (tertiary alicyclic amines) is 1. The molecule has 0 bridgehead atoms. The molecule has 28 heavy (non-hydrogen) atoms. The van der Waals surface area contributed by atoms with Crippen molar-refractivity contribution in [3.8, 4) is 0 Å². The number of allylic oxidation sites excluding steroid dienone is 1. The summed E-state index contributed by atoms with van der Waals surface area (Å²) in [6.07, 6.45) is 9.13. The molecule has 2 aromatic rings. The van der Waals surface area contributed by atoms with E-state index >= 15 is 0 Å². The first-order valence-electron chi connectivity index (χ1n) is 9.79. The van der Waals surface area contributed by atoms with Crippen LogP contribution in [0.4, 0.5) is 0 Å². The van der Waals surface area contributed by atoms with Crippen LogP contribution in [-0.4, -0.2) is 46.6 Å². The minimum Gasteiger partial charge on any atom is -0.390 e. The Balaban J connectivity index is 1.34. The van der Waals surface area contributed by atoms with Crippen LogP contribution in [0.3, 0.4) is 0 Å². The second kappa shape index (κ2) is 8.27. The first-order valence-corrected chi connectivity index (χ1v) is 10.2. The van der Waals surface area contributed by atoms with E-state index in [0.29, 0.717) is 28.4 Å². The molecule has 0 atom stereocenters. The summed E-state index contributed by atoms with van der Waals surface area (Å²) in [5, 5.41) is 11.5. The van der Waals surface area contributed by atoms with Gasteiger partial charge in [0, 0.05) is 55.3 Å². The van der Waals surface area contributed by atoms with E-state index in [4.69, 9.17) is 17.0 Å². The molecule has 4 rings (SSSR count). The fourth-order valence-electron chi connectivity index (χ4n) is 3.63. The van der Waals surface area contributed by atoms with Crippen molar-refractivity contribution in [1.82, 2.24) is 20.2 Å². The van der Waals surface area contributed by atoms with Crippen molar-refractivity contribution < 1.29 is 4.79 Å². The number of piperidine rings is 1. The topological polar surface area (TPSA) is 82.0 Å². The van der Waals surface area contributed by atoms with Crippen molar-refractivity contribution in [2.75, 3.05) is 19.6 Å². The average molecular weight is 398 g/mol. The standard InChI is InChI=1S/C21H24ClN5O/c22-20-4-3-18-19(26-20)9-16(13-25-18)17(10-23)12-24-11-14-5-7-27(8-6-14)21(28)15-1-2-15/h3-4,9-10,12-15,23-24H,1-2,5-8,11H2/b17-12+,23-10?. The molecule has 1 amide bonds. The Kier molecular flexibility index (Phi) is 5.57. The van der Waals surface area contributed by atoms with Crippen molar-refractivity contribution in [2.45, 2.75) is 25.7 Å². The van der Waals surface area contributed by atoms with Gasteiger partial charge in [0.2, 0.25) is 5.91 Å². The van der Waals surface area contributed by atoms with Crippen LogP contribution in [-0.2, 0) is 4.79 Å². The van der Waals surface area contributed by atoms with E-state index in [0.717, 1.165) is 62.0 Å². The molecule has 2 aliphatic rings. The fourth-order valence-corrected chi connectivity index (χ4v) is 3.78. The number of aromatic nitrogens is 2. The van der Waals surface area contributed by atoms with E-state index in [1.54, 1.807) is 12.3 Å².